The topological polar surface area (TPSA) is 168 Å². The molecule has 3 saturated heterocycles. The number of anilines is 4. The van der Waals surface area contributed by atoms with Crippen LogP contribution in [0.15, 0.2) is 66.7 Å². The maximum atomic E-state index is 13.7. The lowest BCUT2D eigenvalue weighted by Gasteiger charge is -2.39. The number of nitriles is 1. The summed E-state index contributed by atoms with van der Waals surface area (Å²) >= 11 is 6.34. The van der Waals surface area contributed by atoms with Crippen LogP contribution in [0.4, 0.5) is 22.9 Å². The predicted octanol–water partition coefficient (Wildman–Crippen LogP) is 5.56. The van der Waals surface area contributed by atoms with Crippen molar-refractivity contribution in [3.8, 4) is 17.3 Å². The number of piperazine rings is 1. The average Bonchev–Trinajstić information content (AvgIpc) is 3.81. The number of amides is 5. The van der Waals surface area contributed by atoms with E-state index < -0.39 is 35.1 Å². The van der Waals surface area contributed by atoms with Gasteiger partial charge in [0.25, 0.3) is 11.8 Å². The molecule has 15 nitrogen and oxygen atoms in total. The molecule has 0 saturated carbocycles. The second-order valence-corrected chi connectivity index (χ2v) is 18.1. The van der Waals surface area contributed by atoms with Gasteiger partial charge in [0.15, 0.2) is 5.82 Å². The molecule has 1 unspecified atom stereocenters. The third-order valence-electron chi connectivity index (χ3n) is 13.7. The Bertz CT molecular complexity index is 2820. The van der Waals surface area contributed by atoms with E-state index in [1.807, 2.05) is 62.4 Å². The molecular weight excluding hydrogens is 820 g/mol. The molecule has 5 aromatic rings. The van der Waals surface area contributed by atoms with Crippen molar-refractivity contribution in [1.82, 2.24) is 29.9 Å². The maximum Gasteiger partial charge on any atom is 0.278 e. The van der Waals surface area contributed by atoms with Gasteiger partial charge in [0, 0.05) is 75.9 Å². The van der Waals surface area contributed by atoms with Gasteiger partial charge >= 0.3 is 0 Å². The molecule has 5 aliphatic rings. The monoisotopic (exact) mass is 864 g/mol. The summed E-state index contributed by atoms with van der Waals surface area (Å²) in [4.78, 5) is 75.0. The normalized spacial score (nSPS) is 20.4. The summed E-state index contributed by atoms with van der Waals surface area (Å²) in [6, 6.07) is 22.0. The van der Waals surface area contributed by atoms with Crippen molar-refractivity contribution in [2.24, 2.45) is 13.0 Å². The molecule has 1 atom stereocenters. The zero-order valence-corrected chi connectivity index (χ0v) is 36.0. The Kier molecular flexibility index (Phi) is 9.83. The number of fused-ring (bicyclic) bond motifs is 4. The van der Waals surface area contributed by atoms with Crippen LogP contribution in [0.2, 0.25) is 5.02 Å². The summed E-state index contributed by atoms with van der Waals surface area (Å²) < 4.78 is 1.76. The molecule has 3 aromatic carbocycles. The van der Waals surface area contributed by atoms with Crippen LogP contribution in [-0.4, -0.2) is 106 Å². The van der Waals surface area contributed by atoms with Crippen molar-refractivity contribution < 1.29 is 24.0 Å². The molecule has 16 heteroatoms. The summed E-state index contributed by atoms with van der Waals surface area (Å²) in [5.74, 6) is -0.654. The van der Waals surface area contributed by atoms with Crippen LogP contribution in [0.25, 0.3) is 22.2 Å². The minimum Gasteiger partial charge on any atom is -0.369 e. The van der Waals surface area contributed by atoms with Crippen molar-refractivity contribution in [3.05, 3.63) is 94.1 Å². The van der Waals surface area contributed by atoms with Crippen molar-refractivity contribution in [2.45, 2.75) is 51.0 Å². The first-order valence-corrected chi connectivity index (χ1v) is 21.8. The number of piperidine rings is 2. The Hall–Kier alpha value is -6.63. The van der Waals surface area contributed by atoms with E-state index in [0.29, 0.717) is 33.1 Å². The fourth-order valence-corrected chi connectivity index (χ4v) is 10.3. The molecule has 0 spiro atoms. The summed E-state index contributed by atoms with van der Waals surface area (Å²) in [5, 5.41) is 21.8. The number of benzene rings is 3. The van der Waals surface area contributed by atoms with Gasteiger partial charge in [-0.3, -0.25) is 44.0 Å². The number of hydrogen-bond donors (Lipinski definition) is 1. The van der Waals surface area contributed by atoms with Gasteiger partial charge in [0.2, 0.25) is 17.7 Å². The van der Waals surface area contributed by atoms with E-state index in [4.69, 9.17) is 11.6 Å². The fourth-order valence-electron chi connectivity index (χ4n) is 10.1. The number of rotatable bonds is 7. The van der Waals surface area contributed by atoms with E-state index in [2.05, 4.69) is 36.3 Å². The zero-order valence-electron chi connectivity index (χ0n) is 35.2. The van der Waals surface area contributed by atoms with Gasteiger partial charge in [0.1, 0.15) is 17.8 Å². The minimum atomic E-state index is -0.995. The average molecular weight is 865 g/mol. The second-order valence-electron chi connectivity index (χ2n) is 17.7. The predicted molar refractivity (Wildman–Crippen MR) is 237 cm³/mol. The van der Waals surface area contributed by atoms with E-state index in [-0.39, 0.29) is 24.4 Å². The number of nitrogens with one attached hydrogen (secondary N) is 1. The zero-order chi connectivity index (χ0) is 43.9. The van der Waals surface area contributed by atoms with Gasteiger partial charge in [-0.1, -0.05) is 17.7 Å². The smallest absolute Gasteiger partial charge is 0.278 e. The number of imide groups is 2. The van der Waals surface area contributed by atoms with Crippen LogP contribution < -0.4 is 20.0 Å². The molecule has 5 aliphatic heterocycles. The number of halogens is 1. The third kappa shape index (κ3) is 6.70. The van der Waals surface area contributed by atoms with Crippen molar-refractivity contribution in [1.29, 1.82) is 5.26 Å². The molecular formula is C47H45ClN10O5. The highest BCUT2D eigenvalue weighted by molar-refractivity contribution is 6.32. The first kappa shape index (κ1) is 40.4. The molecule has 2 aromatic heterocycles. The van der Waals surface area contributed by atoms with Crippen molar-refractivity contribution in [3.63, 3.8) is 0 Å². The Labute approximate surface area is 368 Å². The molecule has 10 rings (SSSR count). The Balaban J connectivity index is 0.735. The number of nitrogens with zero attached hydrogens (tertiary/aromatic N) is 9. The maximum absolute atomic E-state index is 13.7. The number of aromatic nitrogens is 3. The Morgan fingerprint density at radius 3 is 2.29 bits per heavy atom. The van der Waals surface area contributed by atoms with E-state index in [1.165, 1.54) is 0 Å². The highest BCUT2D eigenvalue weighted by atomic mass is 35.5. The molecule has 1 N–H and O–H groups in total. The molecule has 320 valence electrons. The van der Waals surface area contributed by atoms with E-state index in [1.54, 1.807) is 34.7 Å². The minimum absolute atomic E-state index is 0.0723. The van der Waals surface area contributed by atoms with E-state index in [0.717, 1.165) is 103 Å². The first-order chi connectivity index (χ1) is 30.3. The molecule has 3 fully saturated rings. The van der Waals surface area contributed by atoms with Crippen molar-refractivity contribution >= 4 is 74.9 Å². The second kappa shape index (κ2) is 15.3. The van der Waals surface area contributed by atoms with Crippen LogP contribution in [0.3, 0.4) is 0 Å². The highest BCUT2D eigenvalue weighted by Crippen LogP contribution is 2.47. The summed E-state index contributed by atoms with van der Waals surface area (Å²) in [7, 11) is 1.78. The van der Waals surface area contributed by atoms with E-state index in [9.17, 15) is 29.2 Å². The summed E-state index contributed by atoms with van der Waals surface area (Å²) in [6.07, 6.45) is 2.33. The molecule has 0 radical (unpaired) electrons. The molecule has 63 heavy (non-hydrogen) atoms. The van der Waals surface area contributed by atoms with Gasteiger partial charge in [-0.15, -0.1) is 10.2 Å². The van der Waals surface area contributed by atoms with Crippen LogP contribution in [-0.2, 0) is 26.8 Å². The quantitative estimate of drug-likeness (QED) is 0.204. The van der Waals surface area contributed by atoms with Gasteiger partial charge in [-0.2, -0.15) is 5.26 Å². The van der Waals surface area contributed by atoms with Crippen LogP contribution in [0, 0.1) is 17.2 Å². The first-order valence-electron chi connectivity index (χ1n) is 21.4. The third-order valence-corrected chi connectivity index (χ3v) is 14.0. The number of aryl methyl sites for hydroxylation is 1. The summed E-state index contributed by atoms with van der Waals surface area (Å²) in [5.41, 5.74) is 5.89. The largest absolute Gasteiger partial charge is 0.369 e. The van der Waals surface area contributed by atoms with Gasteiger partial charge in [-0.05, 0) is 105 Å². The SMILES string of the molecule is Cn1c2c(c3ccc(N4CCN(CC5CCN(c6ccc(-c7ccc8c(c7)C(C)(C)C(=O)N8c7ccc(C#N)c(Cl)c7)nn6)CC5)CC4)cc31)C(=O)N(C1CCC(=O)NC1=O)C2=O. The van der Waals surface area contributed by atoms with Crippen LogP contribution in [0.5, 0.6) is 0 Å². The lowest BCUT2D eigenvalue weighted by Crippen LogP contribution is -2.54. The molecule has 0 aliphatic carbocycles. The highest BCUT2D eigenvalue weighted by Gasteiger charge is 2.48. The summed E-state index contributed by atoms with van der Waals surface area (Å²) in [6.45, 7) is 10.3. The van der Waals surface area contributed by atoms with Gasteiger partial charge in [0.05, 0.1) is 44.1 Å². The van der Waals surface area contributed by atoms with E-state index >= 15 is 0 Å². The van der Waals surface area contributed by atoms with Gasteiger partial charge < -0.3 is 14.4 Å². The standard InChI is InChI=1S/C47H45ClN10O5/c1-47(2)33-22-28(5-10-36(33)57(46(47)63)31-6-4-29(25-49)34(48)23-31)35-9-12-39(52-51-35)56-16-14-27(15-17-56)26-54-18-20-55(21-19-54)30-7-8-32-38(24-30)53(3)42-41(32)44(61)58(45(42)62)37-11-13-40(59)50-43(37)60/h4-10,12,22-24,27,37H,11,13-21,26H2,1-3H3,(H,50,59,60). The Morgan fingerprint density at radius 2 is 1.59 bits per heavy atom. The fraction of sp³-hybridized carbons (Fsp3) is 0.362. The number of carbonyl (C=O) groups excluding carboxylic acids is 5. The van der Waals surface area contributed by atoms with Crippen LogP contribution in [0.1, 0.15) is 71.5 Å². The van der Waals surface area contributed by atoms with Gasteiger partial charge in [-0.25, -0.2) is 0 Å². The van der Waals surface area contributed by atoms with Crippen molar-refractivity contribution in [2.75, 3.05) is 60.5 Å². The number of hydrogen-bond acceptors (Lipinski definition) is 11. The lowest BCUT2D eigenvalue weighted by atomic mass is 9.85. The molecule has 7 heterocycles. The number of carbonyl (C=O) groups is 5. The lowest BCUT2D eigenvalue weighted by molar-refractivity contribution is -0.136. The Morgan fingerprint density at radius 1 is 0.825 bits per heavy atom. The molecule has 0 bridgehead atoms. The van der Waals surface area contributed by atoms with Crippen LogP contribution >= 0.6 is 11.6 Å². The molecule has 5 amide bonds.